The van der Waals surface area contributed by atoms with E-state index in [-0.39, 0.29) is 5.91 Å². The van der Waals surface area contributed by atoms with Crippen LogP contribution in [0.5, 0.6) is 0 Å². The summed E-state index contributed by atoms with van der Waals surface area (Å²) in [4.78, 5) is 16.8. The molecule has 1 heterocycles. The summed E-state index contributed by atoms with van der Waals surface area (Å²) in [6.07, 6.45) is 0.716. The molecule has 1 amide bonds. The lowest BCUT2D eigenvalue weighted by Crippen LogP contribution is -2.40. The van der Waals surface area contributed by atoms with Crippen molar-refractivity contribution >= 4 is 17.2 Å². The first kappa shape index (κ1) is 13.1. The van der Waals surface area contributed by atoms with Gasteiger partial charge in [0.15, 0.2) is 0 Å². The van der Waals surface area contributed by atoms with Crippen molar-refractivity contribution in [2.75, 3.05) is 0 Å². The highest BCUT2D eigenvalue weighted by Gasteiger charge is 2.14. The molecule has 0 bridgehead atoms. The topological polar surface area (TPSA) is 68.0 Å². The Morgan fingerprint density at radius 2 is 2.31 bits per heavy atom. The Balaban J connectivity index is 2.38. The first-order chi connectivity index (χ1) is 7.50. The molecule has 0 saturated heterocycles. The van der Waals surface area contributed by atoms with Crippen molar-refractivity contribution < 1.29 is 4.79 Å². The molecule has 1 atom stereocenters. The molecule has 5 heteroatoms. The molecule has 0 aliphatic carbocycles. The van der Waals surface area contributed by atoms with Gasteiger partial charge in [-0.25, -0.2) is 4.98 Å². The Labute approximate surface area is 100 Å². The number of carbonyl (C=O) groups is 1. The van der Waals surface area contributed by atoms with E-state index < -0.39 is 6.04 Å². The minimum atomic E-state index is -0.409. The van der Waals surface area contributed by atoms with E-state index in [1.165, 1.54) is 0 Å². The van der Waals surface area contributed by atoms with Crippen molar-refractivity contribution in [2.24, 2.45) is 11.7 Å². The largest absolute Gasteiger partial charge is 0.350 e. The number of nitrogens with two attached hydrogens (primary N) is 1. The SMILES string of the molecule is Cc1ncsc1CNC(=O)[C@H](N)CC(C)C. The monoisotopic (exact) mass is 241 g/mol. The molecule has 0 unspecified atom stereocenters. The van der Waals surface area contributed by atoms with Gasteiger partial charge >= 0.3 is 0 Å². The number of amides is 1. The van der Waals surface area contributed by atoms with E-state index in [0.717, 1.165) is 10.6 Å². The van der Waals surface area contributed by atoms with Gasteiger partial charge in [-0.05, 0) is 19.3 Å². The Morgan fingerprint density at radius 3 is 2.81 bits per heavy atom. The van der Waals surface area contributed by atoms with Crippen molar-refractivity contribution in [3.05, 3.63) is 16.1 Å². The van der Waals surface area contributed by atoms with Crippen LogP contribution in [0.1, 0.15) is 30.8 Å². The van der Waals surface area contributed by atoms with Crippen molar-refractivity contribution in [3.8, 4) is 0 Å². The standard InChI is InChI=1S/C11H19N3OS/c1-7(2)4-9(12)11(15)13-5-10-8(3)14-6-16-10/h6-7,9H,4-5,12H2,1-3H3,(H,13,15)/t9-/m1/s1. The van der Waals surface area contributed by atoms with Crippen LogP contribution in [0.4, 0.5) is 0 Å². The Hall–Kier alpha value is -0.940. The summed E-state index contributed by atoms with van der Waals surface area (Å²) in [6, 6.07) is -0.409. The summed E-state index contributed by atoms with van der Waals surface area (Å²) >= 11 is 1.55. The highest BCUT2D eigenvalue weighted by Crippen LogP contribution is 2.11. The molecule has 16 heavy (non-hydrogen) atoms. The second kappa shape index (κ2) is 5.96. The lowest BCUT2D eigenvalue weighted by atomic mass is 10.0. The van der Waals surface area contributed by atoms with Gasteiger partial charge in [0.25, 0.3) is 0 Å². The number of aryl methyl sites for hydroxylation is 1. The quantitative estimate of drug-likeness (QED) is 0.819. The number of rotatable bonds is 5. The van der Waals surface area contributed by atoms with Gasteiger partial charge in [-0.3, -0.25) is 4.79 Å². The molecular formula is C11H19N3OS. The summed E-state index contributed by atoms with van der Waals surface area (Å²) in [5, 5.41) is 2.84. The molecule has 0 aliphatic heterocycles. The summed E-state index contributed by atoms with van der Waals surface area (Å²) in [5.41, 5.74) is 8.53. The maximum atomic E-state index is 11.6. The fourth-order valence-electron chi connectivity index (χ4n) is 1.41. The molecular weight excluding hydrogens is 222 g/mol. The summed E-state index contributed by atoms with van der Waals surface area (Å²) in [6.45, 7) is 6.58. The van der Waals surface area contributed by atoms with Gasteiger partial charge in [-0.1, -0.05) is 13.8 Å². The first-order valence-electron chi connectivity index (χ1n) is 5.43. The van der Waals surface area contributed by atoms with Gasteiger partial charge < -0.3 is 11.1 Å². The Kier molecular flexibility index (Phi) is 4.89. The number of thiazole rings is 1. The molecule has 0 saturated carbocycles. The normalized spacial score (nSPS) is 12.8. The van der Waals surface area contributed by atoms with E-state index in [1.54, 1.807) is 16.8 Å². The average molecular weight is 241 g/mol. The maximum absolute atomic E-state index is 11.6. The molecule has 0 aromatic carbocycles. The fourth-order valence-corrected chi connectivity index (χ4v) is 2.13. The van der Waals surface area contributed by atoms with Gasteiger partial charge in [0.2, 0.25) is 5.91 Å². The lowest BCUT2D eigenvalue weighted by Gasteiger charge is -2.13. The lowest BCUT2D eigenvalue weighted by molar-refractivity contribution is -0.122. The zero-order valence-corrected chi connectivity index (χ0v) is 10.8. The average Bonchev–Trinajstić information content (AvgIpc) is 2.59. The van der Waals surface area contributed by atoms with E-state index in [9.17, 15) is 4.79 Å². The molecule has 1 rings (SSSR count). The van der Waals surface area contributed by atoms with Gasteiger partial charge in [0.1, 0.15) is 0 Å². The third kappa shape index (κ3) is 3.90. The van der Waals surface area contributed by atoms with Gasteiger partial charge in [-0.2, -0.15) is 0 Å². The third-order valence-electron chi connectivity index (χ3n) is 2.33. The zero-order valence-electron chi connectivity index (χ0n) is 9.99. The van der Waals surface area contributed by atoms with E-state index >= 15 is 0 Å². The number of nitrogens with zero attached hydrogens (tertiary/aromatic N) is 1. The molecule has 0 spiro atoms. The predicted molar refractivity (Wildman–Crippen MR) is 66.1 cm³/mol. The molecule has 0 radical (unpaired) electrons. The summed E-state index contributed by atoms with van der Waals surface area (Å²) < 4.78 is 0. The van der Waals surface area contributed by atoms with Crippen LogP contribution >= 0.6 is 11.3 Å². The third-order valence-corrected chi connectivity index (χ3v) is 3.27. The highest BCUT2D eigenvalue weighted by molar-refractivity contribution is 7.09. The number of aromatic nitrogens is 1. The van der Waals surface area contributed by atoms with Crippen molar-refractivity contribution in [3.63, 3.8) is 0 Å². The van der Waals surface area contributed by atoms with E-state index in [1.807, 2.05) is 6.92 Å². The molecule has 1 aromatic heterocycles. The van der Waals surface area contributed by atoms with Crippen molar-refractivity contribution in [1.29, 1.82) is 0 Å². The number of hydrogen-bond donors (Lipinski definition) is 2. The van der Waals surface area contributed by atoms with Crippen LogP contribution in [0.25, 0.3) is 0 Å². The molecule has 0 fully saturated rings. The second-order valence-electron chi connectivity index (χ2n) is 4.31. The summed E-state index contributed by atoms with van der Waals surface area (Å²) in [5.74, 6) is 0.354. The molecule has 90 valence electrons. The van der Waals surface area contributed by atoms with E-state index in [4.69, 9.17) is 5.73 Å². The minimum Gasteiger partial charge on any atom is -0.350 e. The van der Waals surface area contributed by atoms with Crippen LogP contribution in [-0.4, -0.2) is 16.9 Å². The minimum absolute atomic E-state index is 0.0819. The highest BCUT2D eigenvalue weighted by atomic mass is 32.1. The van der Waals surface area contributed by atoms with Crippen LogP contribution in [0.3, 0.4) is 0 Å². The number of hydrogen-bond acceptors (Lipinski definition) is 4. The van der Waals surface area contributed by atoms with Crippen molar-refractivity contribution in [2.45, 2.75) is 39.8 Å². The Bertz CT molecular complexity index is 349. The van der Waals surface area contributed by atoms with Crippen LogP contribution in [0.15, 0.2) is 5.51 Å². The van der Waals surface area contributed by atoms with Gasteiger partial charge in [0, 0.05) is 4.88 Å². The molecule has 0 aliphatic rings. The first-order valence-corrected chi connectivity index (χ1v) is 6.31. The van der Waals surface area contributed by atoms with Gasteiger partial charge in [0.05, 0.1) is 23.8 Å². The van der Waals surface area contributed by atoms with E-state index in [2.05, 4.69) is 24.1 Å². The Morgan fingerprint density at radius 1 is 1.62 bits per heavy atom. The van der Waals surface area contributed by atoms with Gasteiger partial charge in [-0.15, -0.1) is 11.3 Å². The molecule has 1 aromatic rings. The van der Waals surface area contributed by atoms with Crippen LogP contribution in [0.2, 0.25) is 0 Å². The van der Waals surface area contributed by atoms with Crippen molar-refractivity contribution in [1.82, 2.24) is 10.3 Å². The zero-order chi connectivity index (χ0) is 12.1. The van der Waals surface area contributed by atoms with Crippen LogP contribution in [0, 0.1) is 12.8 Å². The second-order valence-corrected chi connectivity index (χ2v) is 5.25. The molecule has 4 nitrogen and oxygen atoms in total. The smallest absolute Gasteiger partial charge is 0.237 e. The van der Waals surface area contributed by atoms with E-state index in [0.29, 0.717) is 18.9 Å². The van der Waals surface area contributed by atoms with Crippen LogP contribution < -0.4 is 11.1 Å². The van der Waals surface area contributed by atoms with Crippen LogP contribution in [-0.2, 0) is 11.3 Å². The predicted octanol–water partition coefficient (Wildman–Crippen LogP) is 1.44. The molecule has 3 N–H and O–H groups in total. The summed E-state index contributed by atoms with van der Waals surface area (Å²) in [7, 11) is 0. The fraction of sp³-hybridized carbons (Fsp3) is 0.636. The maximum Gasteiger partial charge on any atom is 0.237 e. The number of nitrogens with one attached hydrogen (secondary N) is 1. The number of carbonyl (C=O) groups excluding carboxylic acids is 1.